The number of rotatable bonds is 3. The second-order valence-electron chi connectivity index (χ2n) is 7.09. The van der Waals surface area contributed by atoms with Crippen LogP contribution in [0.5, 0.6) is 5.75 Å². The Morgan fingerprint density at radius 1 is 1.11 bits per heavy atom. The topological polar surface area (TPSA) is 92.1 Å². The van der Waals surface area contributed by atoms with E-state index in [1.54, 1.807) is 12.1 Å². The lowest BCUT2D eigenvalue weighted by atomic mass is 9.96. The van der Waals surface area contributed by atoms with Crippen LogP contribution in [0.25, 0.3) is 16.7 Å². The zero-order chi connectivity index (χ0) is 18.8. The standard InChI is InChI=1S/C20H23N5O2/c1-13-11-17(22-20(27)21-14-7-3-2-4-8-14)19(26)18(12-13)25-23-15-9-5-6-10-16(15)24-25/h5-6,9-12,14,26H,2-4,7-8H2,1H3,(H2,21,22,27). The minimum Gasteiger partial charge on any atom is -0.504 e. The summed E-state index contributed by atoms with van der Waals surface area (Å²) in [5, 5.41) is 25.3. The molecule has 0 aliphatic heterocycles. The maximum atomic E-state index is 12.4. The first-order valence-electron chi connectivity index (χ1n) is 9.34. The summed E-state index contributed by atoms with van der Waals surface area (Å²) in [7, 11) is 0. The van der Waals surface area contributed by atoms with E-state index in [2.05, 4.69) is 20.8 Å². The number of benzene rings is 2. The first kappa shape index (κ1) is 17.3. The van der Waals surface area contributed by atoms with E-state index in [-0.39, 0.29) is 17.8 Å². The van der Waals surface area contributed by atoms with Crippen LogP contribution in [0.3, 0.4) is 0 Å². The van der Waals surface area contributed by atoms with Crippen LogP contribution >= 0.6 is 0 Å². The third-order valence-corrected chi connectivity index (χ3v) is 4.92. The fraction of sp³-hybridized carbons (Fsp3) is 0.350. The van der Waals surface area contributed by atoms with Crippen LogP contribution in [0.2, 0.25) is 0 Å². The van der Waals surface area contributed by atoms with Gasteiger partial charge in [0.1, 0.15) is 16.7 Å². The highest BCUT2D eigenvalue weighted by atomic mass is 16.3. The molecule has 0 spiro atoms. The summed E-state index contributed by atoms with van der Waals surface area (Å²) in [5.41, 5.74) is 3.14. The number of aromatic hydroxyl groups is 1. The minimum atomic E-state index is -0.299. The number of fused-ring (bicyclic) bond motifs is 1. The Morgan fingerprint density at radius 3 is 2.44 bits per heavy atom. The summed E-state index contributed by atoms with van der Waals surface area (Å²) >= 11 is 0. The van der Waals surface area contributed by atoms with E-state index >= 15 is 0 Å². The van der Waals surface area contributed by atoms with Gasteiger partial charge in [0.05, 0.1) is 5.69 Å². The molecule has 140 valence electrons. The molecule has 1 aromatic heterocycles. The van der Waals surface area contributed by atoms with Crippen molar-refractivity contribution in [1.29, 1.82) is 0 Å². The molecule has 1 saturated carbocycles. The number of hydrogen-bond acceptors (Lipinski definition) is 4. The number of aryl methyl sites for hydroxylation is 1. The molecular weight excluding hydrogens is 342 g/mol. The molecule has 7 heteroatoms. The molecule has 1 aliphatic rings. The van der Waals surface area contributed by atoms with Crippen molar-refractivity contribution in [1.82, 2.24) is 20.3 Å². The normalized spacial score (nSPS) is 15.0. The number of aromatic nitrogens is 3. The van der Waals surface area contributed by atoms with Crippen LogP contribution < -0.4 is 10.6 Å². The maximum absolute atomic E-state index is 12.4. The highest BCUT2D eigenvalue weighted by Gasteiger charge is 2.18. The van der Waals surface area contributed by atoms with Crippen molar-refractivity contribution in [2.45, 2.75) is 45.1 Å². The van der Waals surface area contributed by atoms with E-state index in [0.29, 0.717) is 11.4 Å². The molecule has 0 bridgehead atoms. The van der Waals surface area contributed by atoms with Crippen molar-refractivity contribution in [3.8, 4) is 11.4 Å². The van der Waals surface area contributed by atoms with Crippen LogP contribution in [0.1, 0.15) is 37.7 Å². The van der Waals surface area contributed by atoms with Gasteiger partial charge in [-0.15, -0.1) is 15.0 Å². The van der Waals surface area contributed by atoms with Gasteiger partial charge in [-0.1, -0.05) is 31.4 Å². The number of phenolic OH excluding ortho intramolecular Hbond substituents is 1. The number of carbonyl (C=O) groups is 1. The van der Waals surface area contributed by atoms with Crippen molar-refractivity contribution in [2.24, 2.45) is 0 Å². The summed E-state index contributed by atoms with van der Waals surface area (Å²) < 4.78 is 0. The van der Waals surface area contributed by atoms with Crippen LogP contribution in [-0.4, -0.2) is 32.2 Å². The third-order valence-electron chi connectivity index (χ3n) is 4.92. The van der Waals surface area contributed by atoms with Crippen molar-refractivity contribution >= 4 is 22.8 Å². The van der Waals surface area contributed by atoms with Gasteiger partial charge in [-0.2, -0.15) is 0 Å². The SMILES string of the molecule is Cc1cc(NC(=O)NC2CCCCC2)c(O)c(-n2nc3ccccc3n2)c1. The Labute approximate surface area is 157 Å². The van der Waals surface area contributed by atoms with Crippen LogP contribution in [-0.2, 0) is 0 Å². The highest BCUT2D eigenvalue weighted by Crippen LogP contribution is 2.32. The molecule has 0 unspecified atom stereocenters. The first-order chi connectivity index (χ1) is 13.1. The summed E-state index contributed by atoms with van der Waals surface area (Å²) in [5.74, 6) is -0.0558. The van der Waals surface area contributed by atoms with E-state index in [1.807, 2.05) is 31.2 Å². The number of anilines is 1. The van der Waals surface area contributed by atoms with Gasteiger partial charge in [-0.25, -0.2) is 4.79 Å². The molecule has 7 nitrogen and oxygen atoms in total. The van der Waals surface area contributed by atoms with Gasteiger partial charge < -0.3 is 15.7 Å². The largest absolute Gasteiger partial charge is 0.504 e. The second-order valence-corrected chi connectivity index (χ2v) is 7.09. The van der Waals surface area contributed by atoms with Crippen molar-refractivity contribution < 1.29 is 9.90 Å². The van der Waals surface area contributed by atoms with Gasteiger partial charge in [0.2, 0.25) is 0 Å². The van der Waals surface area contributed by atoms with E-state index in [4.69, 9.17) is 0 Å². The molecule has 2 aromatic carbocycles. The Bertz CT molecular complexity index is 943. The number of amides is 2. The van der Waals surface area contributed by atoms with Gasteiger partial charge in [-0.05, 0) is 49.6 Å². The first-order valence-corrected chi connectivity index (χ1v) is 9.34. The zero-order valence-corrected chi connectivity index (χ0v) is 15.3. The molecule has 0 saturated heterocycles. The van der Waals surface area contributed by atoms with Gasteiger partial charge in [0.15, 0.2) is 5.75 Å². The van der Waals surface area contributed by atoms with Crippen molar-refractivity contribution in [2.75, 3.05) is 5.32 Å². The highest BCUT2D eigenvalue weighted by molar-refractivity contribution is 5.92. The Hall–Kier alpha value is -3.09. The Morgan fingerprint density at radius 2 is 1.78 bits per heavy atom. The zero-order valence-electron chi connectivity index (χ0n) is 15.3. The smallest absolute Gasteiger partial charge is 0.319 e. The van der Waals surface area contributed by atoms with Gasteiger partial charge in [0, 0.05) is 6.04 Å². The van der Waals surface area contributed by atoms with E-state index in [9.17, 15) is 9.90 Å². The van der Waals surface area contributed by atoms with Crippen molar-refractivity contribution in [3.63, 3.8) is 0 Å². The fourth-order valence-electron chi connectivity index (χ4n) is 3.57. The second kappa shape index (κ2) is 7.26. The lowest BCUT2D eigenvalue weighted by molar-refractivity contribution is 0.244. The molecular formula is C20H23N5O2. The van der Waals surface area contributed by atoms with Gasteiger partial charge in [-0.3, -0.25) is 0 Å². The minimum absolute atomic E-state index is 0.0558. The number of nitrogens with zero attached hydrogens (tertiary/aromatic N) is 3. The summed E-state index contributed by atoms with van der Waals surface area (Å²) in [6.45, 7) is 1.90. The molecule has 2 amide bonds. The molecule has 1 aliphatic carbocycles. The Balaban J connectivity index is 1.59. The van der Waals surface area contributed by atoms with Crippen LogP contribution in [0.15, 0.2) is 36.4 Å². The fourth-order valence-corrected chi connectivity index (χ4v) is 3.57. The molecule has 1 heterocycles. The number of carbonyl (C=O) groups excluding carboxylic acids is 1. The monoisotopic (exact) mass is 365 g/mol. The number of phenols is 1. The number of urea groups is 1. The lowest BCUT2D eigenvalue weighted by Gasteiger charge is -2.23. The molecule has 3 N–H and O–H groups in total. The summed E-state index contributed by atoms with van der Waals surface area (Å²) in [4.78, 5) is 13.8. The molecule has 1 fully saturated rings. The van der Waals surface area contributed by atoms with Gasteiger partial charge in [0.25, 0.3) is 0 Å². The summed E-state index contributed by atoms with van der Waals surface area (Å²) in [6.07, 6.45) is 5.52. The molecule has 4 rings (SSSR count). The average molecular weight is 365 g/mol. The van der Waals surface area contributed by atoms with Crippen LogP contribution in [0, 0.1) is 6.92 Å². The molecule has 0 atom stereocenters. The lowest BCUT2D eigenvalue weighted by Crippen LogP contribution is -2.39. The molecule has 0 radical (unpaired) electrons. The van der Waals surface area contributed by atoms with E-state index in [1.165, 1.54) is 11.2 Å². The Kier molecular flexibility index (Phi) is 4.66. The van der Waals surface area contributed by atoms with Gasteiger partial charge >= 0.3 is 6.03 Å². The van der Waals surface area contributed by atoms with E-state index in [0.717, 1.165) is 42.3 Å². The predicted octanol–water partition coefficient (Wildman–Crippen LogP) is 3.89. The van der Waals surface area contributed by atoms with Crippen molar-refractivity contribution in [3.05, 3.63) is 42.0 Å². The molecule has 27 heavy (non-hydrogen) atoms. The predicted molar refractivity (Wildman–Crippen MR) is 104 cm³/mol. The number of hydrogen-bond donors (Lipinski definition) is 3. The third kappa shape index (κ3) is 3.72. The average Bonchev–Trinajstić information content (AvgIpc) is 3.09. The van der Waals surface area contributed by atoms with Crippen LogP contribution in [0.4, 0.5) is 10.5 Å². The summed E-state index contributed by atoms with van der Waals surface area (Å²) in [6, 6.07) is 10.9. The molecule has 3 aromatic rings. The quantitative estimate of drug-likeness (QED) is 0.614. The van der Waals surface area contributed by atoms with E-state index < -0.39 is 0 Å². The number of nitrogens with one attached hydrogen (secondary N) is 2. The maximum Gasteiger partial charge on any atom is 0.319 e.